The summed E-state index contributed by atoms with van der Waals surface area (Å²) in [5, 5.41) is 87.7. The van der Waals surface area contributed by atoms with E-state index >= 15 is 0 Å². The van der Waals surface area contributed by atoms with Crippen molar-refractivity contribution in [3.8, 4) is 0 Å². The zero-order valence-corrected chi connectivity index (χ0v) is 64.5. The lowest BCUT2D eigenvalue weighted by molar-refractivity contribution is -0.359. The molecule has 2 rings (SSSR count). The number of aliphatic hydroxyl groups is 8. The van der Waals surface area contributed by atoms with Crippen LogP contribution in [-0.4, -0.2) is 140 Å². The summed E-state index contributed by atoms with van der Waals surface area (Å²) in [5.41, 5.74) is 0. The van der Waals surface area contributed by atoms with Gasteiger partial charge >= 0.3 is 0 Å². The highest BCUT2D eigenvalue weighted by molar-refractivity contribution is 5.76. The SMILES string of the molecule is CCCCCCCCCC/C=C\CCCCCCCCCCCCCCCCCCCCCCCCCCCCCCCC(=O)NC(COC1OC(CO)C(OC2OC(CO)C(O)C(O)C2O)C(O)C1O)C(O)/C=C/CCCCCCCCCCCCCCCCCCCCCCCC. The molecule has 0 aromatic rings. The summed E-state index contributed by atoms with van der Waals surface area (Å²) in [6, 6.07) is -0.913. The van der Waals surface area contributed by atoms with Crippen LogP contribution in [0.2, 0.25) is 0 Å². The zero-order chi connectivity index (χ0) is 71.5. The van der Waals surface area contributed by atoms with E-state index in [1.807, 2.05) is 6.08 Å². The van der Waals surface area contributed by atoms with Gasteiger partial charge < -0.3 is 65.1 Å². The second-order valence-corrected chi connectivity index (χ2v) is 30.7. The summed E-state index contributed by atoms with van der Waals surface area (Å²) in [7, 11) is 0. The molecule has 12 atom stereocenters. The number of rotatable bonds is 74. The van der Waals surface area contributed by atoms with Crippen LogP contribution in [0, 0.1) is 0 Å². The Hall–Kier alpha value is -1.53. The van der Waals surface area contributed by atoms with Gasteiger partial charge in [-0.15, -0.1) is 0 Å². The van der Waals surface area contributed by atoms with Gasteiger partial charge in [0.05, 0.1) is 32.0 Å². The molecular formula is C85H163NO13. The fourth-order valence-corrected chi connectivity index (χ4v) is 14.6. The van der Waals surface area contributed by atoms with Gasteiger partial charge in [-0.25, -0.2) is 0 Å². The average molecular weight is 1410 g/mol. The Morgan fingerprint density at radius 3 is 0.960 bits per heavy atom. The normalized spacial score (nSPS) is 22.0. The van der Waals surface area contributed by atoms with Crippen LogP contribution in [0.5, 0.6) is 0 Å². The Balaban J connectivity index is 1.55. The molecular weight excluding hydrogens is 1240 g/mol. The van der Waals surface area contributed by atoms with E-state index in [1.54, 1.807) is 6.08 Å². The molecule has 586 valence electrons. The van der Waals surface area contributed by atoms with Crippen LogP contribution in [-0.2, 0) is 23.7 Å². The van der Waals surface area contributed by atoms with E-state index in [-0.39, 0.29) is 18.9 Å². The smallest absolute Gasteiger partial charge is 0.220 e. The number of allylic oxidation sites excluding steroid dienone is 3. The van der Waals surface area contributed by atoms with Crippen molar-refractivity contribution < 1.29 is 64.6 Å². The minimum atomic E-state index is -1.79. The molecule has 0 spiro atoms. The monoisotopic (exact) mass is 1410 g/mol. The Kier molecular flexibility index (Phi) is 65.7. The molecule has 0 bridgehead atoms. The van der Waals surface area contributed by atoms with E-state index in [0.29, 0.717) is 6.42 Å². The molecule has 2 aliphatic rings. The quantitative estimate of drug-likeness (QED) is 0.0204. The molecule has 1 amide bonds. The average Bonchev–Trinajstić information content (AvgIpc) is 0.799. The maximum Gasteiger partial charge on any atom is 0.220 e. The molecule has 0 aromatic carbocycles. The van der Waals surface area contributed by atoms with Gasteiger partial charge in [0, 0.05) is 6.42 Å². The van der Waals surface area contributed by atoms with Gasteiger partial charge in [0.15, 0.2) is 12.6 Å². The molecule has 14 heteroatoms. The molecule has 14 nitrogen and oxygen atoms in total. The molecule has 2 saturated heterocycles. The summed E-state index contributed by atoms with van der Waals surface area (Å²) in [6.07, 6.45) is 74.4. The standard InChI is InChI=1S/C85H163NO13/c1-3-5-7-9-11-13-15-17-19-21-23-25-27-29-30-31-32-33-34-35-36-37-38-39-40-41-42-43-44-45-47-49-51-53-55-57-59-61-63-65-67-69-77(90)86-73(72-96-84-82(95)80(93)83(76(71-88)98-84)99-85-81(94)79(92)78(91)75(70-87)97-85)74(89)68-66-64-62-60-58-56-54-52-50-48-46-28-26-24-22-20-18-16-14-12-10-8-6-4-2/h21,23,66,68,73-76,78-85,87-89,91-95H,3-20,22,24-65,67,69-72H2,1-2H3,(H,86,90)/b23-21-,68-66+. The van der Waals surface area contributed by atoms with Crippen molar-refractivity contribution in [2.24, 2.45) is 0 Å². The van der Waals surface area contributed by atoms with Crippen LogP contribution in [0.1, 0.15) is 418 Å². The summed E-state index contributed by atoms with van der Waals surface area (Å²) in [5.74, 6) is -0.229. The van der Waals surface area contributed by atoms with Gasteiger partial charge in [-0.3, -0.25) is 4.79 Å². The summed E-state index contributed by atoms with van der Waals surface area (Å²) >= 11 is 0. The number of ether oxygens (including phenoxy) is 4. The van der Waals surface area contributed by atoms with Gasteiger partial charge in [-0.2, -0.15) is 0 Å². The first-order valence-electron chi connectivity index (χ1n) is 43.1. The van der Waals surface area contributed by atoms with E-state index in [4.69, 9.17) is 18.9 Å². The third-order valence-electron chi connectivity index (χ3n) is 21.4. The first-order valence-corrected chi connectivity index (χ1v) is 43.1. The Bertz CT molecular complexity index is 1760. The molecule has 2 aliphatic heterocycles. The van der Waals surface area contributed by atoms with Crippen molar-refractivity contribution in [3.05, 3.63) is 24.3 Å². The van der Waals surface area contributed by atoms with E-state index in [2.05, 4.69) is 31.3 Å². The largest absolute Gasteiger partial charge is 0.394 e. The highest BCUT2D eigenvalue weighted by Crippen LogP contribution is 2.31. The lowest BCUT2D eigenvalue weighted by atomic mass is 9.97. The third-order valence-corrected chi connectivity index (χ3v) is 21.4. The first kappa shape index (κ1) is 93.6. The van der Waals surface area contributed by atoms with Crippen LogP contribution in [0.25, 0.3) is 0 Å². The van der Waals surface area contributed by atoms with Crippen LogP contribution in [0.4, 0.5) is 0 Å². The highest BCUT2D eigenvalue weighted by Gasteiger charge is 2.51. The van der Waals surface area contributed by atoms with Gasteiger partial charge in [0.2, 0.25) is 5.91 Å². The number of unbranched alkanes of at least 4 members (excludes halogenated alkanes) is 59. The number of amides is 1. The van der Waals surface area contributed by atoms with Gasteiger partial charge in [-0.1, -0.05) is 391 Å². The Morgan fingerprint density at radius 2 is 0.636 bits per heavy atom. The minimum Gasteiger partial charge on any atom is -0.394 e. The fourth-order valence-electron chi connectivity index (χ4n) is 14.6. The molecule has 0 radical (unpaired) electrons. The molecule has 0 aromatic heterocycles. The molecule has 12 unspecified atom stereocenters. The lowest BCUT2D eigenvalue weighted by Crippen LogP contribution is -2.65. The van der Waals surface area contributed by atoms with E-state index < -0.39 is 86.8 Å². The van der Waals surface area contributed by atoms with Crippen molar-refractivity contribution in [2.45, 2.75) is 492 Å². The Morgan fingerprint density at radius 1 is 0.354 bits per heavy atom. The van der Waals surface area contributed by atoms with Gasteiger partial charge in [0.25, 0.3) is 0 Å². The minimum absolute atomic E-state index is 0.229. The van der Waals surface area contributed by atoms with Gasteiger partial charge in [0.1, 0.15) is 48.8 Å². The maximum absolute atomic E-state index is 13.4. The van der Waals surface area contributed by atoms with Crippen molar-refractivity contribution in [2.75, 3.05) is 19.8 Å². The number of carbonyl (C=O) groups excluding carboxylic acids is 1. The van der Waals surface area contributed by atoms with Crippen molar-refractivity contribution in [1.82, 2.24) is 5.32 Å². The van der Waals surface area contributed by atoms with Crippen LogP contribution >= 0.6 is 0 Å². The van der Waals surface area contributed by atoms with Crippen LogP contribution < -0.4 is 5.32 Å². The predicted molar refractivity (Wildman–Crippen MR) is 411 cm³/mol. The summed E-state index contributed by atoms with van der Waals surface area (Å²) in [4.78, 5) is 13.4. The molecule has 0 saturated carbocycles. The zero-order valence-electron chi connectivity index (χ0n) is 64.5. The number of hydrogen-bond acceptors (Lipinski definition) is 13. The van der Waals surface area contributed by atoms with Crippen LogP contribution in [0.3, 0.4) is 0 Å². The molecule has 2 fully saturated rings. The Labute approximate surface area is 609 Å². The second kappa shape index (κ2) is 69.5. The first-order chi connectivity index (χ1) is 48.6. The number of aliphatic hydroxyl groups excluding tert-OH is 8. The predicted octanol–water partition coefficient (Wildman–Crippen LogP) is 20.2. The molecule has 0 aliphatic carbocycles. The van der Waals surface area contributed by atoms with Gasteiger partial charge in [-0.05, 0) is 44.9 Å². The highest BCUT2D eigenvalue weighted by atomic mass is 16.7. The van der Waals surface area contributed by atoms with Crippen molar-refractivity contribution >= 4 is 5.91 Å². The summed E-state index contributed by atoms with van der Waals surface area (Å²) < 4.78 is 22.9. The lowest BCUT2D eigenvalue weighted by Gasteiger charge is -2.46. The fraction of sp³-hybridized carbons (Fsp3) is 0.941. The number of carbonyl (C=O) groups is 1. The molecule has 9 N–H and O–H groups in total. The van der Waals surface area contributed by atoms with E-state index in [9.17, 15) is 45.6 Å². The van der Waals surface area contributed by atoms with E-state index in [1.165, 1.54) is 353 Å². The van der Waals surface area contributed by atoms with Crippen molar-refractivity contribution in [1.29, 1.82) is 0 Å². The van der Waals surface area contributed by atoms with Crippen molar-refractivity contribution in [3.63, 3.8) is 0 Å². The second-order valence-electron chi connectivity index (χ2n) is 30.7. The van der Waals surface area contributed by atoms with E-state index in [0.717, 1.165) is 38.5 Å². The molecule has 99 heavy (non-hydrogen) atoms. The van der Waals surface area contributed by atoms with Crippen LogP contribution in [0.15, 0.2) is 24.3 Å². The summed E-state index contributed by atoms with van der Waals surface area (Å²) in [6.45, 7) is 2.87. The molecule has 2 heterocycles. The number of nitrogens with one attached hydrogen (secondary N) is 1. The third kappa shape index (κ3) is 52.2. The topological polar surface area (TPSA) is 228 Å². The number of hydrogen-bond donors (Lipinski definition) is 9. The maximum atomic E-state index is 13.4.